The zero-order valence-corrected chi connectivity index (χ0v) is 12.0. The van der Waals surface area contributed by atoms with E-state index < -0.39 is 0 Å². The largest absolute Gasteiger partial charge is 0.469 e. The predicted octanol–water partition coefficient (Wildman–Crippen LogP) is 1.41. The summed E-state index contributed by atoms with van der Waals surface area (Å²) < 4.78 is 4.11. The van der Waals surface area contributed by atoms with Crippen molar-refractivity contribution >= 4 is 17.7 Å². The Morgan fingerprint density at radius 3 is 1.79 bits per heavy atom. The fraction of sp³-hybridized carbons (Fsp3) is 0.643. The number of hydrogen-bond donors (Lipinski definition) is 0. The Kier molecular flexibility index (Phi) is 13.0. The predicted molar refractivity (Wildman–Crippen MR) is 73.3 cm³/mol. The molecule has 0 aliphatic carbocycles. The first-order valence-corrected chi connectivity index (χ1v) is 6.12. The molecule has 0 aromatic carbocycles. The summed E-state index contributed by atoms with van der Waals surface area (Å²) in [5.41, 5.74) is 0. The van der Waals surface area contributed by atoms with Crippen molar-refractivity contribution < 1.29 is 19.1 Å². The third kappa shape index (κ3) is 12.4. The smallest absolute Gasteiger partial charge is 0.302 e. The molecule has 0 aromatic heterocycles. The Bertz CT molecular complexity index is 304. The summed E-state index contributed by atoms with van der Waals surface area (Å²) in [6.45, 7) is 4.66. The Morgan fingerprint density at radius 2 is 1.47 bits per heavy atom. The lowest BCUT2D eigenvalue weighted by Gasteiger charge is -2.13. The fourth-order valence-corrected chi connectivity index (χ4v) is 1.41. The molecule has 108 valence electrons. The highest BCUT2D eigenvalue weighted by molar-refractivity contribution is 5.83. The van der Waals surface area contributed by atoms with Gasteiger partial charge in [0.1, 0.15) is 5.78 Å². The van der Waals surface area contributed by atoms with Gasteiger partial charge in [0.05, 0.1) is 7.11 Å². The monoisotopic (exact) mass is 269 g/mol. The summed E-state index contributed by atoms with van der Waals surface area (Å²) >= 11 is 0. The van der Waals surface area contributed by atoms with Crippen LogP contribution >= 0.6 is 0 Å². The van der Waals surface area contributed by atoms with Gasteiger partial charge in [-0.3, -0.25) is 9.59 Å². The average Bonchev–Trinajstić information content (AvgIpc) is 2.93. The van der Waals surface area contributed by atoms with E-state index in [1.807, 2.05) is 4.90 Å². The molecule has 1 heterocycles. The minimum Gasteiger partial charge on any atom is -0.469 e. The van der Waals surface area contributed by atoms with E-state index in [-0.39, 0.29) is 17.7 Å². The Hall–Kier alpha value is -1.83. The molecule has 0 spiro atoms. The summed E-state index contributed by atoms with van der Waals surface area (Å²) in [5.74, 6) is -0.00440. The number of amides is 1. The number of ether oxygens (including phenoxy) is 1. The SMILES string of the molecule is C#C.CC(=O)CCC(=O)N1CCCC1.COC(C)=O. The summed E-state index contributed by atoms with van der Waals surface area (Å²) in [6, 6.07) is 0. The van der Waals surface area contributed by atoms with E-state index in [0.717, 1.165) is 25.9 Å². The number of carbonyl (C=O) groups is 3. The van der Waals surface area contributed by atoms with E-state index in [1.165, 1.54) is 21.0 Å². The molecule has 5 heteroatoms. The molecule has 1 saturated heterocycles. The molecule has 0 bridgehead atoms. The van der Waals surface area contributed by atoms with Gasteiger partial charge in [0.25, 0.3) is 0 Å². The summed E-state index contributed by atoms with van der Waals surface area (Å²) in [6.07, 6.45) is 11.0. The van der Waals surface area contributed by atoms with Gasteiger partial charge in [-0.25, -0.2) is 0 Å². The van der Waals surface area contributed by atoms with E-state index in [2.05, 4.69) is 17.6 Å². The van der Waals surface area contributed by atoms with Crippen molar-refractivity contribution in [3.8, 4) is 12.8 Å². The normalized spacial score (nSPS) is 12.4. The zero-order valence-electron chi connectivity index (χ0n) is 12.0. The van der Waals surface area contributed by atoms with Crippen molar-refractivity contribution in [3.05, 3.63) is 0 Å². The molecular weight excluding hydrogens is 246 g/mol. The topological polar surface area (TPSA) is 63.7 Å². The first-order valence-electron chi connectivity index (χ1n) is 6.12. The second-order valence-electron chi connectivity index (χ2n) is 3.99. The first kappa shape index (κ1) is 19.5. The second-order valence-corrected chi connectivity index (χ2v) is 3.99. The molecule has 1 rings (SSSR count). The minimum atomic E-state index is -0.245. The van der Waals surface area contributed by atoms with Gasteiger partial charge in [-0.05, 0) is 19.8 Å². The fourth-order valence-electron chi connectivity index (χ4n) is 1.41. The van der Waals surface area contributed by atoms with Crippen LogP contribution in [0.3, 0.4) is 0 Å². The van der Waals surface area contributed by atoms with Gasteiger partial charge < -0.3 is 14.4 Å². The molecule has 19 heavy (non-hydrogen) atoms. The second kappa shape index (κ2) is 12.6. The molecule has 0 unspecified atom stereocenters. The third-order valence-electron chi connectivity index (χ3n) is 2.44. The van der Waals surface area contributed by atoms with Crippen LogP contribution in [0.2, 0.25) is 0 Å². The van der Waals surface area contributed by atoms with Gasteiger partial charge in [0.15, 0.2) is 0 Å². The van der Waals surface area contributed by atoms with Gasteiger partial charge in [-0.2, -0.15) is 0 Å². The Balaban J connectivity index is 0. The van der Waals surface area contributed by atoms with Crippen LogP contribution in [0.25, 0.3) is 0 Å². The number of hydrogen-bond acceptors (Lipinski definition) is 4. The number of methoxy groups -OCH3 is 1. The molecule has 0 radical (unpaired) electrons. The molecule has 5 nitrogen and oxygen atoms in total. The zero-order chi connectivity index (χ0) is 15.3. The van der Waals surface area contributed by atoms with Crippen LogP contribution in [0.15, 0.2) is 0 Å². The van der Waals surface area contributed by atoms with E-state index in [4.69, 9.17) is 0 Å². The molecular formula is C14H23NO4. The van der Waals surface area contributed by atoms with Crippen molar-refractivity contribution in [2.75, 3.05) is 20.2 Å². The summed E-state index contributed by atoms with van der Waals surface area (Å²) in [4.78, 5) is 33.4. The van der Waals surface area contributed by atoms with E-state index in [1.54, 1.807) is 0 Å². The van der Waals surface area contributed by atoms with Crippen molar-refractivity contribution in [1.82, 2.24) is 4.90 Å². The van der Waals surface area contributed by atoms with Crippen LogP contribution in [-0.4, -0.2) is 42.8 Å². The van der Waals surface area contributed by atoms with Crippen LogP contribution in [0.1, 0.15) is 39.5 Å². The summed E-state index contributed by atoms with van der Waals surface area (Å²) in [5, 5.41) is 0. The van der Waals surface area contributed by atoms with Crippen molar-refractivity contribution in [1.29, 1.82) is 0 Å². The van der Waals surface area contributed by atoms with Gasteiger partial charge in [-0.1, -0.05) is 0 Å². The Labute approximate surface area is 115 Å². The molecule has 0 atom stereocenters. The molecule has 1 fully saturated rings. The maximum absolute atomic E-state index is 11.3. The maximum atomic E-state index is 11.3. The van der Waals surface area contributed by atoms with Crippen LogP contribution < -0.4 is 0 Å². The lowest BCUT2D eigenvalue weighted by molar-refractivity contribution is -0.138. The number of nitrogens with zero attached hydrogens (tertiary/aromatic N) is 1. The molecule has 0 aromatic rings. The van der Waals surface area contributed by atoms with Crippen molar-refractivity contribution in [2.24, 2.45) is 0 Å². The van der Waals surface area contributed by atoms with Crippen molar-refractivity contribution in [3.63, 3.8) is 0 Å². The number of rotatable bonds is 3. The number of Topliss-reactive ketones (excluding diaryl/α,β-unsaturated/α-hetero) is 1. The van der Waals surface area contributed by atoms with Gasteiger partial charge in [0.2, 0.25) is 5.91 Å². The highest BCUT2D eigenvalue weighted by Crippen LogP contribution is 2.09. The molecule has 0 saturated carbocycles. The number of esters is 1. The maximum Gasteiger partial charge on any atom is 0.302 e. The molecule has 0 N–H and O–H groups in total. The number of carbonyl (C=O) groups excluding carboxylic acids is 3. The average molecular weight is 269 g/mol. The molecule has 1 aliphatic rings. The lowest BCUT2D eigenvalue weighted by atomic mass is 10.2. The van der Waals surface area contributed by atoms with Gasteiger partial charge in [0, 0.05) is 32.9 Å². The van der Waals surface area contributed by atoms with Crippen LogP contribution in [0.5, 0.6) is 0 Å². The molecule has 1 aliphatic heterocycles. The summed E-state index contributed by atoms with van der Waals surface area (Å²) in [7, 11) is 1.35. The lowest BCUT2D eigenvalue weighted by Crippen LogP contribution is -2.27. The minimum absolute atomic E-state index is 0.0996. The quantitative estimate of drug-likeness (QED) is 0.574. The Morgan fingerprint density at radius 1 is 1.05 bits per heavy atom. The van der Waals surface area contributed by atoms with Gasteiger partial charge in [-0.15, -0.1) is 12.8 Å². The number of likely N-dealkylation sites (tertiary alicyclic amines) is 1. The highest BCUT2D eigenvalue weighted by atomic mass is 16.5. The van der Waals surface area contributed by atoms with Gasteiger partial charge >= 0.3 is 5.97 Å². The third-order valence-corrected chi connectivity index (χ3v) is 2.44. The highest BCUT2D eigenvalue weighted by Gasteiger charge is 2.17. The van der Waals surface area contributed by atoms with Crippen LogP contribution in [0, 0.1) is 12.8 Å². The first-order chi connectivity index (χ1) is 8.97. The van der Waals surface area contributed by atoms with Crippen LogP contribution in [-0.2, 0) is 19.1 Å². The number of terminal acetylenes is 1. The molecule has 1 amide bonds. The van der Waals surface area contributed by atoms with E-state index in [0.29, 0.717) is 12.8 Å². The van der Waals surface area contributed by atoms with E-state index in [9.17, 15) is 14.4 Å². The standard InChI is InChI=1S/C9H15NO2.C3H6O2.C2H2/c1-8(11)4-5-9(12)10-6-2-3-7-10;1-3(4)5-2;1-2/h2-7H2,1H3;1-2H3;1-2H. The van der Waals surface area contributed by atoms with E-state index >= 15 is 0 Å². The van der Waals surface area contributed by atoms with Crippen molar-refractivity contribution in [2.45, 2.75) is 39.5 Å². The van der Waals surface area contributed by atoms with Crippen LogP contribution in [0.4, 0.5) is 0 Å². The number of ketones is 1.